The Morgan fingerprint density at radius 1 is 1.36 bits per heavy atom. The highest BCUT2D eigenvalue weighted by atomic mass is 16.1. The van der Waals surface area contributed by atoms with E-state index < -0.39 is 0 Å². The molecular weight excluding hydrogens is 138 g/mol. The Kier molecular flexibility index (Phi) is 2.92. The molecule has 1 N–H and O–H groups in total. The second-order valence-corrected chi connectivity index (χ2v) is 3.62. The van der Waals surface area contributed by atoms with E-state index in [1.807, 2.05) is 0 Å². The number of rotatable bonds is 2. The van der Waals surface area contributed by atoms with E-state index in [1.54, 1.807) is 6.41 Å². The van der Waals surface area contributed by atoms with E-state index in [1.165, 1.54) is 12.8 Å². The summed E-state index contributed by atoms with van der Waals surface area (Å²) < 4.78 is 0. The summed E-state index contributed by atoms with van der Waals surface area (Å²) in [6.07, 6.45) is 5.46. The largest absolute Gasteiger partial charge is 0.345 e. The van der Waals surface area contributed by atoms with Gasteiger partial charge in [0.1, 0.15) is 0 Å². The van der Waals surface area contributed by atoms with E-state index in [-0.39, 0.29) is 0 Å². The van der Waals surface area contributed by atoms with Gasteiger partial charge in [-0.05, 0) is 18.3 Å². The van der Waals surface area contributed by atoms with Gasteiger partial charge in [0.05, 0.1) is 0 Å². The molecule has 0 saturated heterocycles. The lowest BCUT2D eigenvalue weighted by Crippen LogP contribution is -2.39. The number of amides is 1. The SMILES string of the molecule is CC1CCCC(N[C]=O)C1C. The van der Waals surface area contributed by atoms with Gasteiger partial charge in [-0.2, -0.15) is 0 Å². The summed E-state index contributed by atoms with van der Waals surface area (Å²) in [4.78, 5) is 10.1. The second kappa shape index (κ2) is 3.74. The maximum Gasteiger partial charge on any atom is 0.309 e. The molecule has 3 unspecified atom stereocenters. The smallest absolute Gasteiger partial charge is 0.309 e. The number of hydrogen-bond acceptors (Lipinski definition) is 1. The minimum atomic E-state index is 0.372. The zero-order valence-electron chi connectivity index (χ0n) is 7.26. The van der Waals surface area contributed by atoms with Gasteiger partial charge in [0.25, 0.3) is 0 Å². The minimum absolute atomic E-state index is 0.372. The summed E-state index contributed by atoms with van der Waals surface area (Å²) in [5.41, 5.74) is 0. The normalized spacial score (nSPS) is 38.2. The van der Waals surface area contributed by atoms with Crippen molar-refractivity contribution in [1.29, 1.82) is 0 Å². The van der Waals surface area contributed by atoms with Crippen molar-refractivity contribution in [3.05, 3.63) is 0 Å². The molecule has 1 aliphatic rings. The van der Waals surface area contributed by atoms with Crippen LogP contribution in [0.15, 0.2) is 0 Å². The Morgan fingerprint density at radius 3 is 2.73 bits per heavy atom. The van der Waals surface area contributed by atoms with E-state index in [9.17, 15) is 4.79 Å². The Bertz CT molecular complexity index is 136. The minimum Gasteiger partial charge on any atom is -0.345 e. The fourth-order valence-corrected chi connectivity index (χ4v) is 1.86. The predicted molar refractivity (Wildman–Crippen MR) is 44.8 cm³/mol. The molecule has 1 aliphatic carbocycles. The summed E-state index contributed by atoms with van der Waals surface area (Å²) >= 11 is 0. The molecule has 0 aromatic carbocycles. The van der Waals surface area contributed by atoms with Crippen LogP contribution in [0.1, 0.15) is 33.1 Å². The van der Waals surface area contributed by atoms with Gasteiger partial charge in [0, 0.05) is 6.04 Å². The average molecular weight is 154 g/mol. The standard InChI is InChI=1S/C9H16NO/c1-7-4-3-5-9(8(7)2)10-6-11/h7-9H,3-5H2,1-2H3,(H,10,11). The van der Waals surface area contributed by atoms with Gasteiger partial charge in [-0.15, -0.1) is 0 Å². The average Bonchev–Trinajstić information content (AvgIpc) is 1.99. The molecule has 0 heterocycles. The molecule has 0 aliphatic heterocycles. The van der Waals surface area contributed by atoms with Crippen molar-refractivity contribution in [2.45, 2.75) is 39.2 Å². The maximum absolute atomic E-state index is 10.1. The molecule has 1 radical (unpaired) electrons. The van der Waals surface area contributed by atoms with E-state index in [2.05, 4.69) is 19.2 Å². The second-order valence-electron chi connectivity index (χ2n) is 3.62. The quantitative estimate of drug-likeness (QED) is 0.599. The summed E-state index contributed by atoms with van der Waals surface area (Å²) in [7, 11) is 0. The summed E-state index contributed by atoms with van der Waals surface area (Å²) in [5.74, 6) is 1.36. The number of nitrogens with one attached hydrogen (secondary N) is 1. The van der Waals surface area contributed by atoms with Crippen LogP contribution in [0.5, 0.6) is 0 Å². The van der Waals surface area contributed by atoms with Crippen molar-refractivity contribution < 1.29 is 4.79 Å². The molecule has 3 atom stereocenters. The van der Waals surface area contributed by atoms with Gasteiger partial charge in [-0.1, -0.05) is 26.7 Å². The molecule has 2 heteroatoms. The topological polar surface area (TPSA) is 29.1 Å². The molecule has 0 aromatic rings. The van der Waals surface area contributed by atoms with Gasteiger partial charge in [0.2, 0.25) is 0 Å². The Labute approximate surface area is 68.4 Å². The molecule has 1 rings (SSSR count). The first-order valence-electron chi connectivity index (χ1n) is 4.38. The van der Waals surface area contributed by atoms with Crippen LogP contribution in [-0.4, -0.2) is 12.5 Å². The van der Waals surface area contributed by atoms with Crippen molar-refractivity contribution in [3.8, 4) is 0 Å². The predicted octanol–water partition coefficient (Wildman–Crippen LogP) is 1.47. The molecule has 2 nitrogen and oxygen atoms in total. The van der Waals surface area contributed by atoms with Crippen LogP contribution in [0, 0.1) is 11.8 Å². The Morgan fingerprint density at radius 2 is 2.09 bits per heavy atom. The first-order valence-corrected chi connectivity index (χ1v) is 4.38. The maximum atomic E-state index is 10.1. The highest BCUT2D eigenvalue weighted by Crippen LogP contribution is 2.28. The summed E-state index contributed by atoms with van der Waals surface area (Å²) in [6.45, 7) is 4.46. The van der Waals surface area contributed by atoms with Crippen LogP contribution < -0.4 is 5.32 Å². The highest BCUT2D eigenvalue weighted by molar-refractivity contribution is 5.47. The number of hydrogen-bond donors (Lipinski definition) is 1. The fourth-order valence-electron chi connectivity index (χ4n) is 1.86. The third-order valence-electron chi connectivity index (χ3n) is 2.95. The van der Waals surface area contributed by atoms with Gasteiger partial charge < -0.3 is 5.32 Å². The van der Waals surface area contributed by atoms with Crippen LogP contribution in [0.4, 0.5) is 0 Å². The zero-order valence-corrected chi connectivity index (χ0v) is 7.26. The molecular formula is C9H16NO. The first-order chi connectivity index (χ1) is 5.25. The molecule has 0 aromatic heterocycles. The van der Waals surface area contributed by atoms with E-state index in [0.29, 0.717) is 12.0 Å². The van der Waals surface area contributed by atoms with Crippen LogP contribution in [0.3, 0.4) is 0 Å². The Balaban J connectivity index is 2.43. The summed E-state index contributed by atoms with van der Waals surface area (Å²) in [5, 5.41) is 2.76. The van der Waals surface area contributed by atoms with Crippen molar-refractivity contribution >= 4 is 6.41 Å². The van der Waals surface area contributed by atoms with Crippen LogP contribution in [0.2, 0.25) is 0 Å². The highest BCUT2D eigenvalue weighted by Gasteiger charge is 2.26. The lowest BCUT2D eigenvalue weighted by atomic mass is 9.78. The van der Waals surface area contributed by atoms with Crippen molar-refractivity contribution in [2.75, 3.05) is 0 Å². The third kappa shape index (κ3) is 1.95. The lowest BCUT2D eigenvalue weighted by molar-refractivity contribution is 0.223. The molecule has 1 saturated carbocycles. The first kappa shape index (κ1) is 8.57. The fraction of sp³-hybridized carbons (Fsp3) is 0.889. The van der Waals surface area contributed by atoms with Crippen molar-refractivity contribution in [2.24, 2.45) is 11.8 Å². The van der Waals surface area contributed by atoms with E-state index >= 15 is 0 Å². The molecule has 0 bridgehead atoms. The van der Waals surface area contributed by atoms with E-state index in [0.717, 1.165) is 12.3 Å². The molecule has 11 heavy (non-hydrogen) atoms. The molecule has 1 amide bonds. The van der Waals surface area contributed by atoms with Gasteiger partial charge in [-0.3, -0.25) is 4.79 Å². The Hall–Kier alpha value is -0.530. The summed E-state index contributed by atoms with van der Waals surface area (Å²) in [6, 6.07) is 0.372. The molecule has 63 valence electrons. The molecule has 1 fully saturated rings. The van der Waals surface area contributed by atoms with Crippen LogP contribution >= 0.6 is 0 Å². The number of carbonyl (C=O) groups excluding carboxylic acids is 1. The zero-order chi connectivity index (χ0) is 8.27. The van der Waals surface area contributed by atoms with Crippen molar-refractivity contribution in [1.82, 2.24) is 5.32 Å². The molecule has 0 spiro atoms. The monoisotopic (exact) mass is 154 g/mol. The van der Waals surface area contributed by atoms with Gasteiger partial charge in [0.15, 0.2) is 0 Å². The third-order valence-corrected chi connectivity index (χ3v) is 2.95. The van der Waals surface area contributed by atoms with E-state index in [4.69, 9.17) is 0 Å². The van der Waals surface area contributed by atoms with Crippen LogP contribution in [0.25, 0.3) is 0 Å². The van der Waals surface area contributed by atoms with Crippen LogP contribution in [-0.2, 0) is 4.79 Å². The van der Waals surface area contributed by atoms with Gasteiger partial charge in [-0.25, -0.2) is 0 Å². The lowest BCUT2D eigenvalue weighted by Gasteiger charge is -2.33. The van der Waals surface area contributed by atoms with Gasteiger partial charge >= 0.3 is 6.41 Å². The van der Waals surface area contributed by atoms with Crippen molar-refractivity contribution in [3.63, 3.8) is 0 Å².